The Morgan fingerprint density at radius 1 is 1.23 bits per heavy atom. The fraction of sp³-hybridized carbons (Fsp3) is 0.700. The van der Waals surface area contributed by atoms with Crippen molar-refractivity contribution in [2.24, 2.45) is 23.2 Å². The van der Waals surface area contributed by atoms with Crippen LogP contribution in [0.3, 0.4) is 0 Å². The quantitative estimate of drug-likeness (QED) is 0.853. The third-order valence-electron chi connectivity index (χ3n) is 6.27. The summed E-state index contributed by atoms with van der Waals surface area (Å²) in [5.41, 5.74) is 3.53. The Kier molecular flexibility index (Phi) is 3.78. The smallest absolute Gasteiger partial charge is 0.0500 e. The summed E-state index contributed by atoms with van der Waals surface area (Å²) in [5.74, 6) is 2.64. The molecule has 2 nitrogen and oxygen atoms in total. The van der Waals surface area contributed by atoms with E-state index in [1.54, 1.807) is 11.1 Å². The van der Waals surface area contributed by atoms with Crippen LogP contribution in [0.2, 0.25) is 0 Å². The molecule has 1 aromatic rings. The van der Waals surface area contributed by atoms with E-state index in [1.807, 2.05) is 0 Å². The van der Waals surface area contributed by atoms with Crippen LogP contribution in [0.1, 0.15) is 50.3 Å². The minimum Gasteiger partial charge on any atom is -0.381 e. The van der Waals surface area contributed by atoms with E-state index in [0.29, 0.717) is 11.5 Å². The molecule has 1 saturated heterocycles. The summed E-state index contributed by atoms with van der Waals surface area (Å²) < 4.78 is 5.63. The van der Waals surface area contributed by atoms with Crippen LogP contribution in [0.25, 0.3) is 0 Å². The summed E-state index contributed by atoms with van der Waals surface area (Å²) in [6.45, 7) is 8.02. The third-order valence-corrected chi connectivity index (χ3v) is 6.27. The van der Waals surface area contributed by atoms with Crippen LogP contribution in [-0.4, -0.2) is 19.8 Å². The standard InChI is InChI=1S/C20H29NO/c1-20(2)9-7-14-5-3-4-6-15(14)19(11-20)21-12-17-16-8-10-22-13-18(16)17/h3-6,16-19,21H,7-13H2,1-2H3. The molecule has 0 amide bonds. The van der Waals surface area contributed by atoms with Crippen LogP contribution >= 0.6 is 0 Å². The Balaban J connectivity index is 1.47. The van der Waals surface area contributed by atoms with Crippen molar-refractivity contribution >= 4 is 0 Å². The molecule has 0 aromatic heterocycles. The maximum atomic E-state index is 5.63. The van der Waals surface area contributed by atoms with Gasteiger partial charge in [-0.1, -0.05) is 38.1 Å². The predicted octanol–water partition coefficient (Wildman–Crippen LogP) is 3.96. The first kappa shape index (κ1) is 14.7. The average molecular weight is 299 g/mol. The highest BCUT2D eigenvalue weighted by Crippen LogP contribution is 2.51. The molecular formula is C20H29NO. The van der Waals surface area contributed by atoms with Crippen LogP contribution in [-0.2, 0) is 11.2 Å². The number of benzene rings is 1. The van der Waals surface area contributed by atoms with E-state index in [4.69, 9.17) is 4.74 Å². The fourth-order valence-electron chi connectivity index (χ4n) is 4.74. The first-order valence-corrected chi connectivity index (χ1v) is 9.03. The fourth-order valence-corrected chi connectivity index (χ4v) is 4.74. The van der Waals surface area contributed by atoms with Gasteiger partial charge >= 0.3 is 0 Å². The molecule has 0 spiro atoms. The number of hydrogen-bond acceptors (Lipinski definition) is 2. The number of fused-ring (bicyclic) bond motifs is 2. The number of aryl methyl sites for hydroxylation is 1. The predicted molar refractivity (Wildman–Crippen MR) is 89.8 cm³/mol. The molecule has 2 heteroatoms. The number of nitrogens with one attached hydrogen (secondary N) is 1. The summed E-state index contributed by atoms with van der Waals surface area (Å²) >= 11 is 0. The van der Waals surface area contributed by atoms with Gasteiger partial charge in [0.1, 0.15) is 0 Å². The van der Waals surface area contributed by atoms with E-state index in [-0.39, 0.29) is 0 Å². The van der Waals surface area contributed by atoms with Crippen LogP contribution < -0.4 is 5.32 Å². The molecule has 1 heterocycles. The van der Waals surface area contributed by atoms with Crippen molar-refractivity contribution in [2.75, 3.05) is 19.8 Å². The molecule has 0 radical (unpaired) electrons. The Hall–Kier alpha value is -0.860. The van der Waals surface area contributed by atoms with Gasteiger partial charge in [-0.15, -0.1) is 0 Å². The molecule has 4 rings (SSSR count). The van der Waals surface area contributed by atoms with E-state index >= 15 is 0 Å². The van der Waals surface area contributed by atoms with Crippen LogP contribution in [0.5, 0.6) is 0 Å². The summed E-state index contributed by atoms with van der Waals surface area (Å²) in [6.07, 6.45) is 5.06. The Labute approximate surface area is 134 Å². The van der Waals surface area contributed by atoms with Gasteiger partial charge in [0.05, 0.1) is 0 Å². The van der Waals surface area contributed by atoms with E-state index in [9.17, 15) is 0 Å². The maximum absolute atomic E-state index is 5.63. The van der Waals surface area contributed by atoms with Crippen molar-refractivity contribution in [3.63, 3.8) is 0 Å². The molecule has 2 fully saturated rings. The highest BCUT2D eigenvalue weighted by molar-refractivity contribution is 5.32. The normalized spacial score (nSPS) is 36.1. The number of hydrogen-bond donors (Lipinski definition) is 1. The Bertz CT molecular complexity index is 526. The van der Waals surface area contributed by atoms with Crippen molar-refractivity contribution < 1.29 is 4.74 Å². The largest absolute Gasteiger partial charge is 0.381 e. The van der Waals surface area contributed by atoms with Crippen molar-refractivity contribution in [1.29, 1.82) is 0 Å². The van der Waals surface area contributed by atoms with E-state index < -0.39 is 0 Å². The molecular weight excluding hydrogens is 270 g/mol. The minimum atomic E-state index is 0.427. The van der Waals surface area contributed by atoms with Crippen molar-refractivity contribution in [1.82, 2.24) is 5.32 Å². The molecule has 4 atom stereocenters. The van der Waals surface area contributed by atoms with Crippen LogP contribution in [0.15, 0.2) is 24.3 Å². The first-order valence-electron chi connectivity index (χ1n) is 9.03. The lowest BCUT2D eigenvalue weighted by Gasteiger charge is -2.28. The average Bonchev–Trinajstić information content (AvgIpc) is 3.24. The number of ether oxygens (including phenoxy) is 1. The molecule has 2 aliphatic carbocycles. The van der Waals surface area contributed by atoms with Gasteiger partial charge in [0, 0.05) is 19.3 Å². The van der Waals surface area contributed by atoms with Crippen LogP contribution in [0.4, 0.5) is 0 Å². The molecule has 1 aliphatic heterocycles. The molecule has 1 N–H and O–H groups in total. The lowest BCUT2D eigenvalue weighted by molar-refractivity contribution is 0.0884. The molecule has 1 saturated carbocycles. The summed E-state index contributed by atoms with van der Waals surface area (Å²) in [7, 11) is 0. The van der Waals surface area contributed by atoms with Gasteiger partial charge in [-0.3, -0.25) is 0 Å². The van der Waals surface area contributed by atoms with Gasteiger partial charge in [-0.2, -0.15) is 0 Å². The monoisotopic (exact) mass is 299 g/mol. The Morgan fingerprint density at radius 2 is 2.09 bits per heavy atom. The first-order chi connectivity index (χ1) is 10.6. The van der Waals surface area contributed by atoms with Crippen LogP contribution in [0, 0.1) is 23.2 Å². The summed E-state index contributed by atoms with van der Waals surface area (Å²) in [4.78, 5) is 0. The second-order valence-corrected chi connectivity index (χ2v) is 8.38. The van der Waals surface area contributed by atoms with E-state index in [1.165, 1.54) is 32.2 Å². The third kappa shape index (κ3) is 2.83. The molecule has 0 bridgehead atoms. The molecule has 120 valence electrons. The van der Waals surface area contributed by atoms with Gasteiger partial charge in [-0.25, -0.2) is 0 Å². The minimum absolute atomic E-state index is 0.427. The van der Waals surface area contributed by atoms with Gasteiger partial charge in [0.2, 0.25) is 0 Å². The second-order valence-electron chi connectivity index (χ2n) is 8.38. The van der Waals surface area contributed by atoms with E-state index in [2.05, 4.69) is 43.4 Å². The maximum Gasteiger partial charge on any atom is 0.0500 e. The van der Waals surface area contributed by atoms with Gasteiger partial charge in [-0.05, 0) is 66.5 Å². The zero-order valence-electron chi connectivity index (χ0n) is 14.0. The van der Waals surface area contributed by atoms with Crippen molar-refractivity contribution in [3.8, 4) is 0 Å². The summed E-state index contributed by atoms with van der Waals surface area (Å²) in [6, 6.07) is 9.60. The molecule has 1 aromatic carbocycles. The van der Waals surface area contributed by atoms with Crippen molar-refractivity contribution in [2.45, 2.75) is 45.6 Å². The highest BCUT2D eigenvalue weighted by Gasteiger charge is 2.51. The zero-order valence-corrected chi connectivity index (χ0v) is 14.0. The molecule has 4 unspecified atom stereocenters. The second kappa shape index (κ2) is 5.65. The van der Waals surface area contributed by atoms with Gasteiger partial charge in [0.25, 0.3) is 0 Å². The van der Waals surface area contributed by atoms with E-state index in [0.717, 1.165) is 31.0 Å². The zero-order chi connectivity index (χ0) is 15.2. The Morgan fingerprint density at radius 3 is 2.91 bits per heavy atom. The highest BCUT2D eigenvalue weighted by atomic mass is 16.5. The van der Waals surface area contributed by atoms with Gasteiger partial charge < -0.3 is 10.1 Å². The van der Waals surface area contributed by atoms with Crippen molar-refractivity contribution in [3.05, 3.63) is 35.4 Å². The number of rotatable bonds is 3. The summed E-state index contributed by atoms with van der Waals surface area (Å²) in [5, 5.41) is 3.94. The topological polar surface area (TPSA) is 21.3 Å². The molecule has 3 aliphatic rings. The lowest BCUT2D eigenvalue weighted by atomic mass is 9.83. The SMILES string of the molecule is CC1(C)CCc2ccccc2C(NCC2C3CCOCC32)C1. The van der Waals surface area contributed by atoms with Gasteiger partial charge in [0.15, 0.2) is 0 Å². The molecule has 22 heavy (non-hydrogen) atoms. The lowest BCUT2D eigenvalue weighted by Crippen LogP contribution is -2.28.